The molecule has 0 bridgehead atoms. The van der Waals surface area contributed by atoms with Crippen molar-refractivity contribution in [2.75, 3.05) is 0 Å². The minimum Gasteiger partial charge on any atom is -0.406 e. The average molecular weight is 364 g/mol. The largest absolute Gasteiger partial charge is 0.573 e. The number of rotatable bonds is 6. The normalized spacial score (nSPS) is 21.1. The Morgan fingerprint density at radius 3 is 2.15 bits per heavy atom. The molecule has 0 unspecified atom stereocenters. The van der Waals surface area contributed by atoms with Gasteiger partial charge in [-0.1, -0.05) is 69.7 Å². The van der Waals surface area contributed by atoms with E-state index in [4.69, 9.17) is 0 Å². The van der Waals surface area contributed by atoms with Gasteiger partial charge in [0.1, 0.15) is 5.75 Å². The summed E-state index contributed by atoms with van der Waals surface area (Å²) in [7, 11) is 0. The van der Waals surface area contributed by atoms with Crippen LogP contribution in [0.15, 0.2) is 36.4 Å². The van der Waals surface area contributed by atoms with Crippen molar-refractivity contribution >= 4 is 10.8 Å². The lowest BCUT2D eigenvalue weighted by Gasteiger charge is -2.28. The van der Waals surface area contributed by atoms with Gasteiger partial charge in [-0.15, -0.1) is 13.2 Å². The lowest BCUT2D eigenvalue weighted by Crippen LogP contribution is -2.16. The highest BCUT2D eigenvalue weighted by Crippen LogP contribution is 2.34. The minimum atomic E-state index is -4.65. The van der Waals surface area contributed by atoms with Crippen LogP contribution in [0.5, 0.6) is 5.75 Å². The van der Waals surface area contributed by atoms with Gasteiger partial charge in [-0.3, -0.25) is 0 Å². The fraction of sp³-hybridized carbons (Fsp3) is 0.545. The first-order valence-electron chi connectivity index (χ1n) is 9.71. The molecule has 0 N–H and O–H groups in total. The molecule has 2 aromatic rings. The van der Waals surface area contributed by atoms with Crippen molar-refractivity contribution in [2.24, 2.45) is 11.8 Å². The number of halogens is 3. The van der Waals surface area contributed by atoms with Crippen molar-refractivity contribution in [3.8, 4) is 5.75 Å². The van der Waals surface area contributed by atoms with E-state index in [1.165, 1.54) is 62.6 Å². The first kappa shape index (κ1) is 19.1. The molecular weight excluding hydrogens is 337 g/mol. The Balaban J connectivity index is 1.57. The van der Waals surface area contributed by atoms with Crippen molar-refractivity contribution in [3.63, 3.8) is 0 Å². The van der Waals surface area contributed by atoms with E-state index in [0.717, 1.165) is 29.0 Å². The van der Waals surface area contributed by atoms with Gasteiger partial charge in [0, 0.05) is 0 Å². The minimum absolute atomic E-state index is 0.165. The topological polar surface area (TPSA) is 9.23 Å². The van der Waals surface area contributed by atoms with Crippen LogP contribution in [0.4, 0.5) is 13.2 Å². The summed E-state index contributed by atoms with van der Waals surface area (Å²) in [6.07, 6.45) is 5.70. The summed E-state index contributed by atoms with van der Waals surface area (Å²) in [6.45, 7) is 2.27. The Kier molecular flexibility index (Phi) is 6.10. The molecular formula is C22H27F3O. The Morgan fingerprint density at radius 1 is 0.885 bits per heavy atom. The lowest BCUT2D eigenvalue weighted by atomic mass is 9.78. The molecule has 26 heavy (non-hydrogen) atoms. The van der Waals surface area contributed by atoms with Crippen LogP contribution in [0.3, 0.4) is 0 Å². The van der Waals surface area contributed by atoms with E-state index in [9.17, 15) is 13.2 Å². The van der Waals surface area contributed by atoms with Crippen molar-refractivity contribution in [1.82, 2.24) is 0 Å². The molecule has 1 fully saturated rings. The number of aryl methyl sites for hydroxylation is 1. The quantitative estimate of drug-likeness (QED) is 0.523. The smallest absolute Gasteiger partial charge is 0.406 e. The maximum absolute atomic E-state index is 12.3. The molecule has 1 aliphatic rings. The predicted octanol–water partition coefficient (Wildman–Crippen LogP) is 7.28. The van der Waals surface area contributed by atoms with Gasteiger partial charge in [-0.05, 0) is 53.1 Å². The van der Waals surface area contributed by atoms with E-state index < -0.39 is 6.36 Å². The van der Waals surface area contributed by atoms with Crippen molar-refractivity contribution in [3.05, 3.63) is 42.0 Å². The third kappa shape index (κ3) is 5.39. The second kappa shape index (κ2) is 8.32. The van der Waals surface area contributed by atoms with Crippen LogP contribution in [0.2, 0.25) is 0 Å². The Morgan fingerprint density at radius 2 is 1.50 bits per heavy atom. The van der Waals surface area contributed by atoms with Gasteiger partial charge in [0.15, 0.2) is 0 Å². The Labute approximate surface area is 153 Å². The summed E-state index contributed by atoms with van der Waals surface area (Å²) < 4.78 is 41.0. The molecule has 4 heteroatoms. The molecule has 0 aromatic heterocycles. The molecule has 0 heterocycles. The maximum Gasteiger partial charge on any atom is 0.573 e. The second-order valence-electron chi connectivity index (χ2n) is 7.61. The summed E-state index contributed by atoms with van der Waals surface area (Å²) in [6, 6.07) is 10.6. The molecule has 1 saturated carbocycles. The Bertz CT molecular complexity index is 715. The SMILES string of the molecule is CCC[C@H]1CC[C@H](CCc2ccc3cc(OC(F)(F)F)ccc3c2)CC1. The molecule has 0 atom stereocenters. The molecule has 2 aromatic carbocycles. The first-order chi connectivity index (χ1) is 12.4. The third-order valence-corrected chi connectivity index (χ3v) is 5.61. The van der Waals surface area contributed by atoms with E-state index >= 15 is 0 Å². The van der Waals surface area contributed by atoms with Crippen molar-refractivity contribution in [1.29, 1.82) is 0 Å². The van der Waals surface area contributed by atoms with E-state index in [2.05, 4.69) is 17.7 Å². The van der Waals surface area contributed by atoms with E-state index in [1.807, 2.05) is 12.1 Å². The molecule has 0 aliphatic heterocycles. The summed E-state index contributed by atoms with van der Waals surface area (Å²) in [5, 5.41) is 1.74. The lowest BCUT2D eigenvalue weighted by molar-refractivity contribution is -0.274. The second-order valence-corrected chi connectivity index (χ2v) is 7.61. The molecule has 1 nitrogen and oxygen atoms in total. The third-order valence-electron chi connectivity index (χ3n) is 5.61. The van der Waals surface area contributed by atoms with Gasteiger partial charge in [0.2, 0.25) is 0 Å². The van der Waals surface area contributed by atoms with Crippen molar-refractivity contribution < 1.29 is 17.9 Å². The van der Waals surface area contributed by atoms with Gasteiger partial charge in [0.05, 0.1) is 0 Å². The molecule has 0 amide bonds. The highest BCUT2D eigenvalue weighted by Gasteiger charge is 2.31. The van der Waals surface area contributed by atoms with Gasteiger partial charge in [0.25, 0.3) is 0 Å². The van der Waals surface area contributed by atoms with Crippen LogP contribution in [-0.2, 0) is 6.42 Å². The summed E-state index contributed by atoms with van der Waals surface area (Å²) in [4.78, 5) is 0. The number of hydrogen-bond acceptors (Lipinski definition) is 1. The average Bonchev–Trinajstić information content (AvgIpc) is 2.60. The summed E-state index contributed by atoms with van der Waals surface area (Å²) in [5.41, 5.74) is 1.26. The van der Waals surface area contributed by atoms with Gasteiger partial charge < -0.3 is 4.74 Å². The van der Waals surface area contributed by atoms with E-state index in [0.29, 0.717) is 0 Å². The predicted molar refractivity (Wildman–Crippen MR) is 99.3 cm³/mol. The Hall–Kier alpha value is -1.71. The number of hydrogen-bond donors (Lipinski definition) is 0. The van der Waals surface area contributed by atoms with Crippen LogP contribution in [0.25, 0.3) is 10.8 Å². The van der Waals surface area contributed by atoms with Crippen molar-refractivity contribution in [2.45, 2.75) is 64.7 Å². The van der Waals surface area contributed by atoms with Gasteiger partial charge in [-0.25, -0.2) is 0 Å². The molecule has 1 aliphatic carbocycles. The zero-order chi connectivity index (χ0) is 18.6. The maximum atomic E-state index is 12.3. The fourth-order valence-electron chi connectivity index (χ4n) is 4.21. The van der Waals surface area contributed by atoms with E-state index in [-0.39, 0.29) is 5.75 Å². The molecule has 142 valence electrons. The number of ether oxygens (including phenoxy) is 1. The number of fused-ring (bicyclic) bond motifs is 1. The summed E-state index contributed by atoms with van der Waals surface area (Å²) in [5.74, 6) is 1.59. The van der Waals surface area contributed by atoms with Gasteiger partial charge in [-0.2, -0.15) is 0 Å². The van der Waals surface area contributed by atoms with Crippen LogP contribution in [-0.4, -0.2) is 6.36 Å². The monoisotopic (exact) mass is 364 g/mol. The molecule has 0 saturated heterocycles. The molecule has 0 radical (unpaired) electrons. The number of benzene rings is 2. The van der Waals surface area contributed by atoms with Crippen LogP contribution < -0.4 is 4.74 Å². The molecule has 0 spiro atoms. The fourth-order valence-corrected chi connectivity index (χ4v) is 4.21. The van der Waals surface area contributed by atoms with Gasteiger partial charge >= 0.3 is 6.36 Å². The zero-order valence-electron chi connectivity index (χ0n) is 15.3. The van der Waals surface area contributed by atoms with Crippen LogP contribution in [0.1, 0.15) is 57.4 Å². The standard InChI is InChI=1S/C22H27F3O/c1-2-3-16-4-6-17(7-5-16)8-9-18-10-11-20-15-21(26-22(23,24)25)13-12-19(20)14-18/h10-17H,2-9H2,1H3/t16-,17-. The molecule has 3 rings (SSSR count). The summed E-state index contributed by atoms with van der Waals surface area (Å²) >= 11 is 0. The number of alkyl halides is 3. The first-order valence-corrected chi connectivity index (χ1v) is 9.71. The highest BCUT2D eigenvalue weighted by molar-refractivity contribution is 5.84. The van der Waals surface area contributed by atoms with E-state index in [1.54, 1.807) is 6.07 Å². The van der Waals surface area contributed by atoms with Crippen LogP contribution in [0, 0.1) is 11.8 Å². The highest BCUT2D eigenvalue weighted by atomic mass is 19.4. The zero-order valence-corrected chi connectivity index (χ0v) is 15.3. The van der Waals surface area contributed by atoms with Crippen LogP contribution >= 0.6 is 0 Å².